The fraction of sp³-hybridized carbons (Fsp3) is 0.156. The highest BCUT2D eigenvalue weighted by Crippen LogP contribution is 2.28. The Balaban J connectivity index is 1.40. The second kappa shape index (κ2) is 13.6. The van der Waals surface area contributed by atoms with Gasteiger partial charge in [0, 0.05) is 23.1 Å². The third kappa shape index (κ3) is 7.82. The molecule has 4 aromatic rings. The molecule has 42 heavy (non-hydrogen) atoms. The van der Waals surface area contributed by atoms with E-state index in [0.29, 0.717) is 46.5 Å². The summed E-state index contributed by atoms with van der Waals surface area (Å²) in [6, 6.07) is 28.7. The van der Waals surface area contributed by atoms with Crippen LogP contribution in [0.25, 0.3) is 11.1 Å². The molecule has 9 nitrogen and oxygen atoms in total. The van der Waals surface area contributed by atoms with E-state index in [1.807, 2.05) is 6.92 Å². The van der Waals surface area contributed by atoms with E-state index in [1.54, 1.807) is 103 Å². The van der Waals surface area contributed by atoms with E-state index in [4.69, 9.17) is 15.0 Å². The van der Waals surface area contributed by atoms with Crippen LogP contribution in [0.2, 0.25) is 0 Å². The lowest BCUT2D eigenvalue weighted by Gasteiger charge is -2.19. The van der Waals surface area contributed by atoms with Crippen LogP contribution in [0.5, 0.6) is 5.75 Å². The summed E-state index contributed by atoms with van der Waals surface area (Å²) in [4.78, 5) is 30.6. The molecule has 10 heteroatoms. The quantitative estimate of drug-likeness (QED) is 0.125. The van der Waals surface area contributed by atoms with Gasteiger partial charge < -0.3 is 14.9 Å². The average Bonchev–Trinajstić information content (AvgIpc) is 3.00. The van der Waals surface area contributed by atoms with Gasteiger partial charge in [0.15, 0.2) is 21.8 Å². The van der Waals surface area contributed by atoms with Gasteiger partial charge in [0.1, 0.15) is 5.75 Å². The summed E-state index contributed by atoms with van der Waals surface area (Å²) in [5.74, 6) is -0.759. The van der Waals surface area contributed by atoms with Gasteiger partial charge in [-0.25, -0.2) is 13.2 Å². The molecule has 4 aromatic carbocycles. The topological polar surface area (TPSA) is 135 Å². The maximum atomic E-state index is 13.2. The third-order valence-electron chi connectivity index (χ3n) is 6.25. The average molecular weight is 586 g/mol. The number of amides is 1. The van der Waals surface area contributed by atoms with Crippen molar-refractivity contribution in [3.05, 3.63) is 114 Å². The van der Waals surface area contributed by atoms with E-state index >= 15 is 0 Å². The monoisotopic (exact) mass is 585 g/mol. The smallest absolute Gasteiger partial charge is 0.362 e. The van der Waals surface area contributed by atoms with Crippen molar-refractivity contribution < 1.29 is 27.6 Å². The van der Waals surface area contributed by atoms with Crippen LogP contribution < -0.4 is 15.5 Å². The molecule has 0 fully saturated rings. The first-order valence-electron chi connectivity index (χ1n) is 13.2. The first-order valence-corrected chi connectivity index (χ1v) is 15.1. The first-order chi connectivity index (χ1) is 20.2. The van der Waals surface area contributed by atoms with Crippen molar-refractivity contribution >= 4 is 33.2 Å². The molecule has 0 saturated heterocycles. The number of anilines is 1. The Kier molecular flexibility index (Phi) is 9.72. The van der Waals surface area contributed by atoms with Gasteiger partial charge in [0.2, 0.25) is 0 Å². The van der Waals surface area contributed by atoms with Crippen molar-refractivity contribution in [2.24, 2.45) is 0 Å². The summed E-state index contributed by atoms with van der Waals surface area (Å²) in [5.41, 5.74) is 4.92. The van der Waals surface area contributed by atoms with Crippen molar-refractivity contribution in [3.63, 3.8) is 0 Å². The lowest BCUT2D eigenvalue weighted by atomic mass is 10.1. The molecule has 0 aliphatic rings. The molecular formula is C32H31N3O6S. The van der Waals surface area contributed by atoms with Crippen LogP contribution in [0.15, 0.2) is 108 Å². The van der Waals surface area contributed by atoms with Crippen LogP contribution in [0.4, 0.5) is 5.69 Å². The van der Waals surface area contributed by atoms with E-state index in [-0.39, 0.29) is 16.6 Å². The summed E-state index contributed by atoms with van der Waals surface area (Å²) in [6.45, 7) is 1.94. The fourth-order valence-corrected chi connectivity index (χ4v) is 5.08. The second-order valence-electron chi connectivity index (χ2n) is 9.49. The highest BCUT2D eigenvalue weighted by Gasteiger charge is 2.21. The Hall–Kier alpha value is -4.96. The van der Waals surface area contributed by atoms with Crippen LogP contribution in [0, 0.1) is 5.41 Å². The number of sulfone groups is 1. The number of hydrogen-bond donors (Lipinski definition) is 3. The molecule has 0 aliphatic heterocycles. The largest absolute Gasteiger partial charge is 0.481 e. The molecule has 0 aromatic heterocycles. The zero-order chi connectivity index (χ0) is 30.1. The lowest BCUT2D eigenvalue weighted by Crippen LogP contribution is -2.33. The van der Waals surface area contributed by atoms with Crippen molar-refractivity contribution in [3.8, 4) is 16.9 Å². The summed E-state index contributed by atoms with van der Waals surface area (Å²) >= 11 is 0. The summed E-state index contributed by atoms with van der Waals surface area (Å²) in [7, 11) is -3.41. The molecule has 1 unspecified atom stereocenters. The fourth-order valence-electron chi connectivity index (χ4n) is 4.17. The maximum absolute atomic E-state index is 13.2. The van der Waals surface area contributed by atoms with Gasteiger partial charge in [-0.05, 0) is 54.4 Å². The number of benzene rings is 4. The molecule has 1 atom stereocenters. The molecule has 1 amide bonds. The summed E-state index contributed by atoms with van der Waals surface area (Å²) < 4.78 is 30.4. The predicted octanol–water partition coefficient (Wildman–Crippen LogP) is 5.63. The van der Waals surface area contributed by atoms with E-state index in [1.165, 1.54) is 6.26 Å². The summed E-state index contributed by atoms with van der Waals surface area (Å²) in [5, 5.41) is 11.1. The Morgan fingerprint density at radius 2 is 1.52 bits per heavy atom. The Morgan fingerprint density at radius 3 is 2.21 bits per heavy atom. The number of carbonyl (C=O) groups excluding carboxylic acids is 2. The van der Waals surface area contributed by atoms with E-state index < -0.39 is 21.9 Å². The van der Waals surface area contributed by atoms with Crippen LogP contribution in [0.3, 0.4) is 0 Å². The standard InChI is InChI=1S/C32H31N3O6S/c1-3-10-28(31(36)34-25-19-17-22(18-20-25)27-15-7-8-16-29(27)42(2,38)39)40-26-14-9-13-24(21-26)30(33)35-41-32(37)23-11-5-4-6-12-23/h4-9,11-21,28H,3,10H2,1-2H3,(H2,33,35)(H,34,36). The van der Waals surface area contributed by atoms with Crippen LogP contribution >= 0.6 is 0 Å². The lowest BCUT2D eigenvalue weighted by molar-refractivity contribution is -0.123. The van der Waals surface area contributed by atoms with Crippen molar-refractivity contribution in [1.29, 1.82) is 5.41 Å². The zero-order valence-corrected chi connectivity index (χ0v) is 24.0. The van der Waals surface area contributed by atoms with Crippen molar-refractivity contribution in [1.82, 2.24) is 5.48 Å². The third-order valence-corrected chi connectivity index (χ3v) is 7.40. The Bertz CT molecular complexity index is 1670. The van der Waals surface area contributed by atoms with Gasteiger partial charge in [0.05, 0.1) is 10.5 Å². The molecule has 0 spiro atoms. The minimum Gasteiger partial charge on any atom is -0.481 e. The molecule has 0 saturated carbocycles. The Labute approximate surface area is 244 Å². The van der Waals surface area contributed by atoms with Gasteiger partial charge in [-0.1, -0.05) is 74.0 Å². The second-order valence-corrected chi connectivity index (χ2v) is 11.5. The van der Waals surface area contributed by atoms with Gasteiger partial charge in [-0.15, -0.1) is 0 Å². The van der Waals surface area contributed by atoms with Crippen LogP contribution in [-0.4, -0.2) is 38.5 Å². The van der Waals surface area contributed by atoms with Crippen LogP contribution in [0.1, 0.15) is 35.7 Å². The Morgan fingerprint density at radius 1 is 0.857 bits per heavy atom. The van der Waals surface area contributed by atoms with Gasteiger partial charge in [-0.3, -0.25) is 10.2 Å². The van der Waals surface area contributed by atoms with E-state index in [2.05, 4.69) is 10.8 Å². The number of nitrogens with one attached hydrogen (secondary N) is 3. The number of hydroxylamine groups is 1. The maximum Gasteiger partial charge on any atom is 0.362 e. The number of rotatable bonds is 10. The van der Waals surface area contributed by atoms with E-state index in [0.717, 1.165) is 0 Å². The first kappa shape index (κ1) is 30.0. The number of carbonyl (C=O) groups is 2. The molecule has 0 bridgehead atoms. The van der Waals surface area contributed by atoms with Gasteiger partial charge in [0.25, 0.3) is 5.91 Å². The zero-order valence-electron chi connectivity index (χ0n) is 23.2. The molecule has 216 valence electrons. The molecule has 0 radical (unpaired) electrons. The molecule has 0 aliphatic carbocycles. The number of hydrogen-bond acceptors (Lipinski definition) is 7. The van der Waals surface area contributed by atoms with E-state index in [9.17, 15) is 18.0 Å². The summed E-state index contributed by atoms with van der Waals surface area (Å²) in [6.07, 6.45) is 1.49. The number of amidine groups is 1. The predicted molar refractivity (Wildman–Crippen MR) is 161 cm³/mol. The SMILES string of the molecule is CCCC(Oc1cccc(C(=N)NOC(=O)c2ccccc2)c1)C(=O)Nc1ccc(-c2ccccc2S(C)(=O)=O)cc1. The van der Waals surface area contributed by atoms with Crippen molar-refractivity contribution in [2.75, 3.05) is 11.6 Å². The highest BCUT2D eigenvalue weighted by atomic mass is 32.2. The molecule has 4 rings (SSSR count). The highest BCUT2D eigenvalue weighted by molar-refractivity contribution is 7.90. The van der Waals surface area contributed by atoms with Gasteiger partial charge >= 0.3 is 5.97 Å². The van der Waals surface area contributed by atoms with Crippen molar-refractivity contribution in [2.45, 2.75) is 30.8 Å². The molecule has 3 N–H and O–H groups in total. The number of ether oxygens (including phenoxy) is 1. The minimum absolute atomic E-state index is 0.154. The minimum atomic E-state index is -3.41. The molecular weight excluding hydrogens is 554 g/mol. The molecule has 0 heterocycles. The van der Waals surface area contributed by atoms with Crippen LogP contribution in [-0.2, 0) is 19.5 Å². The van der Waals surface area contributed by atoms with Gasteiger partial charge in [-0.2, -0.15) is 5.48 Å². The normalized spacial score (nSPS) is 11.7.